The third kappa shape index (κ3) is 3.61. The maximum atomic E-state index is 13.1. The molecule has 1 aromatic carbocycles. The molecule has 0 radical (unpaired) electrons. The van der Waals surface area contributed by atoms with E-state index >= 15 is 0 Å². The van der Waals surface area contributed by atoms with Crippen molar-refractivity contribution in [1.29, 1.82) is 0 Å². The van der Waals surface area contributed by atoms with Crippen molar-refractivity contribution < 1.29 is 23.8 Å². The minimum atomic E-state index is -0.952. The van der Waals surface area contributed by atoms with Crippen LogP contribution in [0.2, 0.25) is 0 Å². The third-order valence-corrected chi connectivity index (χ3v) is 5.72. The molecule has 1 aromatic rings. The van der Waals surface area contributed by atoms with E-state index in [0.29, 0.717) is 63.4 Å². The zero-order valence-corrected chi connectivity index (χ0v) is 16.5. The first kappa shape index (κ1) is 19.2. The van der Waals surface area contributed by atoms with Crippen LogP contribution in [0.15, 0.2) is 24.3 Å². The molecule has 4 rings (SSSR count). The zero-order valence-electron chi connectivity index (χ0n) is 16.5. The number of amides is 2. The lowest BCUT2D eigenvalue weighted by Crippen LogP contribution is -2.51. The first-order chi connectivity index (χ1) is 13.4. The van der Waals surface area contributed by atoms with Crippen molar-refractivity contribution in [3.63, 3.8) is 0 Å². The van der Waals surface area contributed by atoms with Crippen LogP contribution in [0.25, 0.3) is 0 Å². The monoisotopic (exact) mass is 388 g/mol. The van der Waals surface area contributed by atoms with Gasteiger partial charge in [0.05, 0.1) is 25.0 Å². The molecule has 28 heavy (non-hydrogen) atoms. The van der Waals surface area contributed by atoms with Crippen LogP contribution in [0, 0.1) is 5.41 Å². The SMILES string of the molecule is CC(C)Oc1ccccc1NC(=O)C1(C(=O)N2CCC3(CC2)OCCO3)CC1. The summed E-state index contributed by atoms with van der Waals surface area (Å²) in [6.45, 7) is 6.20. The van der Waals surface area contributed by atoms with E-state index in [-0.39, 0.29) is 17.9 Å². The fourth-order valence-electron chi connectivity index (χ4n) is 3.97. The molecule has 1 saturated carbocycles. The van der Waals surface area contributed by atoms with Crippen LogP contribution in [-0.4, -0.2) is 54.9 Å². The summed E-state index contributed by atoms with van der Waals surface area (Å²) in [5, 5.41) is 2.93. The Kier molecular flexibility index (Phi) is 5.05. The standard InChI is InChI=1S/C21H28N2O5/c1-15(2)28-17-6-4-3-5-16(17)22-18(24)20(7-8-20)19(25)23-11-9-21(10-12-23)26-13-14-27-21/h3-6,15H,7-14H2,1-2H3,(H,22,24). The van der Waals surface area contributed by atoms with E-state index in [1.165, 1.54) is 0 Å². The summed E-state index contributed by atoms with van der Waals surface area (Å²) < 4.78 is 17.2. The molecule has 3 aliphatic rings. The van der Waals surface area contributed by atoms with Gasteiger partial charge in [-0.15, -0.1) is 0 Å². The summed E-state index contributed by atoms with van der Waals surface area (Å²) in [5.74, 6) is -0.237. The molecular weight excluding hydrogens is 360 g/mol. The number of hydrogen-bond acceptors (Lipinski definition) is 5. The Hall–Kier alpha value is -2.12. The predicted octanol–water partition coefficient (Wildman–Crippen LogP) is 2.56. The van der Waals surface area contributed by atoms with E-state index in [2.05, 4.69) is 5.32 Å². The van der Waals surface area contributed by atoms with Gasteiger partial charge in [-0.25, -0.2) is 0 Å². The molecule has 2 aliphatic heterocycles. The summed E-state index contributed by atoms with van der Waals surface area (Å²) >= 11 is 0. The van der Waals surface area contributed by atoms with Crippen LogP contribution >= 0.6 is 0 Å². The fourth-order valence-corrected chi connectivity index (χ4v) is 3.97. The molecule has 152 valence electrons. The summed E-state index contributed by atoms with van der Waals surface area (Å²) in [6.07, 6.45) is 2.47. The van der Waals surface area contributed by atoms with E-state index < -0.39 is 11.2 Å². The summed E-state index contributed by atoms with van der Waals surface area (Å²) in [5.41, 5.74) is -0.349. The van der Waals surface area contributed by atoms with Crippen LogP contribution in [0.3, 0.4) is 0 Å². The van der Waals surface area contributed by atoms with Gasteiger partial charge in [0.15, 0.2) is 5.79 Å². The number of carbonyl (C=O) groups is 2. The van der Waals surface area contributed by atoms with Gasteiger partial charge in [-0.3, -0.25) is 9.59 Å². The number of piperidine rings is 1. The topological polar surface area (TPSA) is 77.1 Å². The molecule has 2 amide bonds. The van der Waals surface area contributed by atoms with Crippen LogP contribution in [0.5, 0.6) is 5.75 Å². The number of likely N-dealkylation sites (tertiary alicyclic amines) is 1. The van der Waals surface area contributed by atoms with Crippen molar-refractivity contribution in [3.05, 3.63) is 24.3 Å². The van der Waals surface area contributed by atoms with Gasteiger partial charge in [0.1, 0.15) is 11.2 Å². The van der Waals surface area contributed by atoms with E-state index in [1.54, 1.807) is 11.0 Å². The molecule has 0 aromatic heterocycles. The number of carbonyl (C=O) groups excluding carboxylic acids is 2. The highest BCUT2D eigenvalue weighted by Gasteiger charge is 2.59. The Morgan fingerprint density at radius 2 is 1.71 bits per heavy atom. The number of para-hydroxylation sites is 2. The first-order valence-corrected chi connectivity index (χ1v) is 10.1. The van der Waals surface area contributed by atoms with Crippen LogP contribution in [0.1, 0.15) is 39.5 Å². The third-order valence-electron chi connectivity index (χ3n) is 5.72. The van der Waals surface area contributed by atoms with E-state index in [0.717, 1.165) is 0 Å². The van der Waals surface area contributed by atoms with Gasteiger partial charge in [-0.2, -0.15) is 0 Å². The normalized spacial score (nSPS) is 22.3. The average Bonchev–Trinajstić information content (AvgIpc) is 3.38. The van der Waals surface area contributed by atoms with Crippen molar-refractivity contribution in [2.24, 2.45) is 5.41 Å². The number of anilines is 1. The maximum Gasteiger partial charge on any atom is 0.240 e. The van der Waals surface area contributed by atoms with Gasteiger partial charge >= 0.3 is 0 Å². The van der Waals surface area contributed by atoms with Gasteiger partial charge in [-0.1, -0.05) is 12.1 Å². The van der Waals surface area contributed by atoms with Gasteiger partial charge in [0.2, 0.25) is 11.8 Å². The molecule has 7 heteroatoms. The van der Waals surface area contributed by atoms with Gasteiger partial charge in [0, 0.05) is 25.9 Å². The Balaban J connectivity index is 1.41. The second kappa shape index (κ2) is 7.37. The fraction of sp³-hybridized carbons (Fsp3) is 0.619. The minimum Gasteiger partial charge on any atom is -0.489 e. The Labute approximate surface area is 165 Å². The van der Waals surface area contributed by atoms with Gasteiger partial charge in [0.25, 0.3) is 0 Å². The lowest BCUT2D eigenvalue weighted by Gasteiger charge is -2.38. The highest BCUT2D eigenvalue weighted by atomic mass is 16.7. The van der Waals surface area contributed by atoms with E-state index in [9.17, 15) is 9.59 Å². The molecule has 7 nitrogen and oxygen atoms in total. The highest BCUT2D eigenvalue weighted by Crippen LogP contribution is 2.49. The Bertz CT molecular complexity index is 743. The molecule has 0 unspecified atom stereocenters. The first-order valence-electron chi connectivity index (χ1n) is 10.1. The molecular formula is C21H28N2O5. The van der Waals surface area contributed by atoms with Gasteiger partial charge in [-0.05, 0) is 38.8 Å². The molecule has 0 bridgehead atoms. The predicted molar refractivity (Wildman–Crippen MR) is 103 cm³/mol. The maximum absolute atomic E-state index is 13.1. The molecule has 2 heterocycles. The molecule has 1 aliphatic carbocycles. The van der Waals surface area contributed by atoms with Crippen molar-refractivity contribution >= 4 is 17.5 Å². The highest BCUT2D eigenvalue weighted by molar-refractivity contribution is 6.13. The Morgan fingerprint density at radius 1 is 1.07 bits per heavy atom. The molecule has 0 atom stereocenters. The largest absolute Gasteiger partial charge is 0.489 e. The number of ether oxygens (including phenoxy) is 3. The smallest absolute Gasteiger partial charge is 0.240 e. The molecule has 1 N–H and O–H groups in total. The van der Waals surface area contributed by atoms with Crippen LogP contribution in [0.4, 0.5) is 5.69 Å². The molecule has 1 spiro atoms. The number of nitrogens with one attached hydrogen (secondary N) is 1. The second-order valence-electron chi connectivity index (χ2n) is 8.10. The summed E-state index contributed by atoms with van der Waals surface area (Å²) in [6, 6.07) is 7.33. The minimum absolute atomic E-state index is 0.00438. The summed E-state index contributed by atoms with van der Waals surface area (Å²) in [4.78, 5) is 27.9. The number of nitrogens with zero attached hydrogens (tertiary/aromatic N) is 1. The Morgan fingerprint density at radius 3 is 2.32 bits per heavy atom. The van der Waals surface area contributed by atoms with E-state index in [4.69, 9.17) is 14.2 Å². The summed E-state index contributed by atoms with van der Waals surface area (Å²) in [7, 11) is 0. The van der Waals surface area contributed by atoms with Crippen molar-refractivity contribution in [2.45, 2.75) is 51.4 Å². The lowest BCUT2D eigenvalue weighted by atomic mass is 9.98. The zero-order chi connectivity index (χ0) is 19.8. The van der Waals surface area contributed by atoms with Gasteiger partial charge < -0.3 is 24.4 Å². The van der Waals surface area contributed by atoms with Crippen LogP contribution < -0.4 is 10.1 Å². The molecule has 3 fully saturated rings. The van der Waals surface area contributed by atoms with Crippen molar-refractivity contribution in [2.75, 3.05) is 31.6 Å². The van der Waals surface area contributed by atoms with Crippen molar-refractivity contribution in [1.82, 2.24) is 4.90 Å². The van der Waals surface area contributed by atoms with E-state index in [1.807, 2.05) is 32.0 Å². The van der Waals surface area contributed by atoms with Crippen molar-refractivity contribution in [3.8, 4) is 5.75 Å². The lowest BCUT2D eigenvalue weighted by molar-refractivity contribution is -0.188. The number of hydrogen-bond donors (Lipinski definition) is 1. The van der Waals surface area contributed by atoms with Crippen LogP contribution in [-0.2, 0) is 19.1 Å². The second-order valence-corrected chi connectivity index (χ2v) is 8.10. The number of rotatable bonds is 5. The molecule has 2 saturated heterocycles. The quantitative estimate of drug-likeness (QED) is 0.785. The average molecular weight is 388 g/mol. The number of benzene rings is 1.